The van der Waals surface area contributed by atoms with Crippen molar-refractivity contribution in [3.63, 3.8) is 0 Å². The number of benzene rings is 2. The first-order chi connectivity index (χ1) is 13.4. The standard InChI is InChI=1S/C19H18FNO6S/c1-25-19(22)13-9-26-16-10-27-15-8-11(6-7-12(15)18(13)16)21-28(23,24)17-5-3-2-4-14(17)20/h2-8,13,16,18,21H,9-10H2,1H3/t13?,16-,18-/m0/s1. The summed E-state index contributed by atoms with van der Waals surface area (Å²) < 4.78 is 57.4. The van der Waals surface area contributed by atoms with Gasteiger partial charge in [0.25, 0.3) is 10.0 Å². The van der Waals surface area contributed by atoms with Crippen molar-refractivity contribution in [2.45, 2.75) is 16.9 Å². The number of carbonyl (C=O) groups excluding carboxylic acids is 1. The fraction of sp³-hybridized carbons (Fsp3) is 0.316. The molecule has 4 rings (SSSR count). The highest BCUT2D eigenvalue weighted by Gasteiger charge is 2.46. The number of hydrogen-bond donors (Lipinski definition) is 1. The van der Waals surface area contributed by atoms with E-state index in [0.29, 0.717) is 5.75 Å². The zero-order valence-corrected chi connectivity index (χ0v) is 15.7. The largest absolute Gasteiger partial charge is 0.490 e. The molecule has 148 valence electrons. The Bertz CT molecular complexity index is 1020. The summed E-state index contributed by atoms with van der Waals surface area (Å²) in [5, 5.41) is 0. The van der Waals surface area contributed by atoms with E-state index in [4.69, 9.17) is 14.2 Å². The zero-order valence-electron chi connectivity index (χ0n) is 14.9. The molecule has 0 aromatic heterocycles. The van der Waals surface area contributed by atoms with Crippen molar-refractivity contribution < 1.29 is 31.8 Å². The molecule has 1 N–H and O–H groups in total. The number of sulfonamides is 1. The van der Waals surface area contributed by atoms with Crippen molar-refractivity contribution in [2.24, 2.45) is 5.92 Å². The third-order valence-corrected chi connectivity index (χ3v) is 6.40. The van der Waals surface area contributed by atoms with Crippen LogP contribution in [0.1, 0.15) is 11.5 Å². The van der Waals surface area contributed by atoms with Gasteiger partial charge in [-0.05, 0) is 18.2 Å². The highest BCUT2D eigenvalue weighted by atomic mass is 32.2. The number of carbonyl (C=O) groups is 1. The van der Waals surface area contributed by atoms with Crippen molar-refractivity contribution in [2.75, 3.05) is 25.0 Å². The molecular weight excluding hydrogens is 389 g/mol. The molecule has 28 heavy (non-hydrogen) atoms. The molecular formula is C19H18FNO6S. The van der Waals surface area contributed by atoms with Crippen molar-refractivity contribution >= 4 is 21.7 Å². The second-order valence-corrected chi connectivity index (χ2v) is 8.28. The van der Waals surface area contributed by atoms with E-state index in [2.05, 4.69) is 4.72 Å². The van der Waals surface area contributed by atoms with Crippen LogP contribution in [0.4, 0.5) is 10.1 Å². The predicted octanol–water partition coefficient (Wildman–Crippen LogP) is 2.29. The first-order valence-corrected chi connectivity index (χ1v) is 10.1. The number of fused-ring (bicyclic) bond motifs is 3. The van der Waals surface area contributed by atoms with Crippen molar-refractivity contribution in [1.29, 1.82) is 0 Å². The summed E-state index contributed by atoms with van der Waals surface area (Å²) in [7, 11) is -2.77. The average Bonchev–Trinajstić information content (AvgIpc) is 3.11. The minimum atomic E-state index is -4.10. The van der Waals surface area contributed by atoms with E-state index in [9.17, 15) is 17.6 Å². The van der Waals surface area contributed by atoms with Gasteiger partial charge in [0.2, 0.25) is 0 Å². The number of ether oxygens (including phenoxy) is 3. The lowest BCUT2D eigenvalue weighted by Gasteiger charge is -2.29. The van der Waals surface area contributed by atoms with Crippen LogP contribution in [0.5, 0.6) is 5.75 Å². The maximum Gasteiger partial charge on any atom is 0.311 e. The molecule has 2 aromatic carbocycles. The molecule has 0 radical (unpaired) electrons. The van der Waals surface area contributed by atoms with Crippen LogP contribution in [0, 0.1) is 11.7 Å². The van der Waals surface area contributed by atoms with Crippen LogP contribution in [0.3, 0.4) is 0 Å². The van der Waals surface area contributed by atoms with Crippen LogP contribution in [-0.2, 0) is 24.3 Å². The molecule has 1 unspecified atom stereocenters. The molecule has 2 aromatic rings. The molecule has 9 heteroatoms. The van der Waals surface area contributed by atoms with Crippen molar-refractivity contribution in [1.82, 2.24) is 0 Å². The van der Waals surface area contributed by atoms with Gasteiger partial charge >= 0.3 is 5.97 Å². The molecule has 0 saturated carbocycles. The first kappa shape index (κ1) is 18.7. The maximum absolute atomic E-state index is 13.9. The SMILES string of the molecule is COC(=O)C1CO[C@H]2COc3cc(NS(=O)(=O)c4ccccc4F)ccc3[C@@H]12. The summed E-state index contributed by atoms with van der Waals surface area (Å²) >= 11 is 0. The van der Waals surface area contributed by atoms with Crippen LogP contribution >= 0.6 is 0 Å². The number of halogens is 1. The molecule has 0 spiro atoms. The average molecular weight is 407 g/mol. The summed E-state index contributed by atoms with van der Waals surface area (Å²) in [6, 6.07) is 9.90. The quantitative estimate of drug-likeness (QED) is 0.782. The molecule has 3 atom stereocenters. The fourth-order valence-electron chi connectivity index (χ4n) is 3.67. The number of methoxy groups -OCH3 is 1. The summed E-state index contributed by atoms with van der Waals surface area (Å²) in [6.45, 7) is 0.487. The van der Waals surface area contributed by atoms with Gasteiger partial charge in [0.05, 0.1) is 31.4 Å². The Morgan fingerprint density at radius 1 is 1.21 bits per heavy atom. The number of esters is 1. The molecule has 0 bridgehead atoms. The summed E-state index contributed by atoms with van der Waals surface area (Å²) in [4.78, 5) is 11.6. The summed E-state index contributed by atoms with van der Waals surface area (Å²) in [5.74, 6) is -1.41. The Balaban J connectivity index is 1.63. The van der Waals surface area contributed by atoms with Crippen molar-refractivity contribution in [3.05, 3.63) is 53.8 Å². The maximum atomic E-state index is 13.9. The van der Waals surface area contributed by atoms with Gasteiger partial charge in [0.1, 0.15) is 23.1 Å². The van der Waals surface area contributed by atoms with Gasteiger partial charge in [-0.3, -0.25) is 9.52 Å². The van der Waals surface area contributed by atoms with Crippen LogP contribution in [-0.4, -0.2) is 40.8 Å². The highest BCUT2D eigenvalue weighted by molar-refractivity contribution is 7.92. The van der Waals surface area contributed by atoms with Crippen LogP contribution in [0.15, 0.2) is 47.4 Å². The van der Waals surface area contributed by atoms with E-state index in [0.717, 1.165) is 11.6 Å². The summed E-state index contributed by atoms with van der Waals surface area (Å²) in [6.07, 6.45) is -0.266. The normalized spacial score (nSPS) is 23.3. The molecule has 2 aliphatic rings. The first-order valence-electron chi connectivity index (χ1n) is 8.64. The monoisotopic (exact) mass is 407 g/mol. The number of rotatable bonds is 4. The molecule has 2 heterocycles. The Kier molecular flexibility index (Phi) is 4.72. The summed E-state index contributed by atoms with van der Waals surface area (Å²) in [5.41, 5.74) is 0.979. The molecule has 7 nitrogen and oxygen atoms in total. The molecule has 0 aliphatic carbocycles. The highest BCUT2D eigenvalue weighted by Crippen LogP contribution is 2.45. The van der Waals surface area contributed by atoms with Gasteiger partial charge in [-0.25, -0.2) is 12.8 Å². The third kappa shape index (κ3) is 3.20. The van der Waals surface area contributed by atoms with E-state index in [1.54, 1.807) is 12.1 Å². The van der Waals surface area contributed by atoms with E-state index >= 15 is 0 Å². The van der Waals surface area contributed by atoms with Gasteiger partial charge in [-0.1, -0.05) is 18.2 Å². The molecule has 2 aliphatic heterocycles. The van der Waals surface area contributed by atoms with E-state index in [-0.39, 0.29) is 36.9 Å². The zero-order chi connectivity index (χ0) is 19.9. The Hall–Kier alpha value is -2.65. The Morgan fingerprint density at radius 2 is 2.00 bits per heavy atom. The number of anilines is 1. The Morgan fingerprint density at radius 3 is 2.75 bits per heavy atom. The number of hydrogen-bond acceptors (Lipinski definition) is 6. The van der Waals surface area contributed by atoms with E-state index < -0.39 is 26.7 Å². The lowest BCUT2D eigenvalue weighted by Crippen LogP contribution is -2.33. The van der Waals surface area contributed by atoms with Gasteiger partial charge in [0.15, 0.2) is 0 Å². The van der Waals surface area contributed by atoms with Gasteiger partial charge in [0, 0.05) is 17.5 Å². The Labute approximate surface area is 161 Å². The minimum Gasteiger partial charge on any atom is -0.490 e. The van der Waals surface area contributed by atoms with Crippen LogP contribution in [0.25, 0.3) is 0 Å². The van der Waals surface area contributed by atoms with E-state index in [1.807, 2.05) is 0 Å². The lowest BCUT2D eigenvalue weighted by atomic mass is 9.82. The van der Waals surface area contributed by atoms with Gasteiger partial charge in [-0.2, -0.15) is 0 Å². The second-order valence-electron chi connectivity index (χ2n) is 6.63. The molecule has 1 saturated heterocycles. The smallest absolute Gasteiger partial charge is 0.311 e. The van der Waals surface area contributed by atoms with Gasteiger partial charge < -0.3 is 14.2 Å². The molecule has 1 fully saturated rings. The van der Waals surface area contributed by atoms with Crippen LogP contribution < -0.4 is 9.46 Å². The van der Waals surface area contributed by atoms with Crippen LogP contribution in [0.2, 0.25) is 0 Å². The van der Waals surface area contributed by atoms with Gasteiger partial charge in [-0.15, -0.1) is 0 Å². The van der Waals surface area contributed by atoms with Crippen molar-refractivity contribution in [3.8, 4) is 5.75 Å². The third-order valence-electron chi connectivity index (χ3n) is 4.98. The number of nitrogens with one attached hydrogen (secondary N) is 1. The molecule has 0 amide bonds. The fourth-order valence-corrected chi connectivity index (χ4v) is 4.80. The predicted molar refractivity (Wildman–Crippen MR) is 97.1 cm³/mol. The lowest BCUT2D eigenvalue weighted by molar-refractivity contribution is -0.145. The van der Waals surface area contributed by atoms with E-state index in [1.165, 1.54) is 31.4 Å². The second kappa shape index (κ2) is 7.06. The minimum absolute atomic E-state index is 0.228. The topological polar surface area (TPSA) is 90.9 Å².